The second kappa shape index (κ2) is 6.67. The molecule has 1 atom stereocenters. The third kappa shape index (κ3) is 2.26. The Labute approximate surface area is 175 Å². The van der Waals surface area contributed by atoms with Crippen LogP contribution in [0, 0.1) is 11.3 Å². The Morgan fingerprint density at radius 1 is 1.13 bits per heavy atom. The van der Waals surface area contributed by atoms with Crippen molar-refractivity contribution in [1.82, 2.24) is 0 Å². The van der Waals surface area contributed by atoms with Crippen LogP contribution in [0.5, 0.6) is 5.75 Å². The number of anilines is 2. The summed E-state index contributed by atoms with van der Waals surface area (Å²) in [5.41, 5.74) is 10.2. The summed E-state index contributed by atoms with van der Waals surface area (Å²) in [4.78, 5) is 15.4. The highest BCUT2D eigenvalue weighted by molar-refractivity contribution is 6.12. The number of carbonyl (C=O) groups excluding carboxylic acids is 1. The summed E-state index contributed by atoms with van der Waals surface area (Å²) in [6, 6.07) is 17.5. The van der Waals surface area contributed by atoms with Gasteiger partial charge in [-0.15, -0.1) is 0 Å². The Bertz CT molecular complexity index is 1160. The predicted molar refractivity (Wildman–Crippen MR) is 115 cm³/mol. The third-order valence-corrected chi connectivity index (χ3v) is 6.40. The molecular formula is C24H22N4O2. The minimum atomic E-state index is -1.14. The number of hydrogen-bond acceptors (Lipinski definition) is 5. The molecule has 0 saturated carbocycles. The van der Waals surface area contributed by atoms with Crippen molar-refractivity contribution in [1.29, 1.82) is 5.26 Å². The molecule has 0 saturated heterocycles. The minimum absolute atomic E-state index is 0.188. The number of carbonyl (C=O) groups is 1. The van der Waals surface area contributed by atoms with Gasteiger partial charge in [-0.1, -0.05) is 18.2 Å². The van der Waals surface area contributed by atoms with Gasteiger partial charge in [0.05, 0.1) is 12.7 Å². The molecule has 0 bridgehead atoms. The highest BCUT2D eigenvalue weighted by atomic mass is 16.5. The Morgan fingerprint density at radius 2 is 1.87 bits per heavy atom. The van der Waals surface area contributed by atoms with Crippen LogP contribution in [0.25, 0.3) is 0 Å². The molecule has 0 fully saturated rings. The first-order valence-corrected chi connectivity index (χ1v) is 10.1. The number of allylic oxidation sites excluding steroid dienone is 1. The van der Waals surface area contributed by atoms with E-state index in [0.717, 1.165) is 59.6 Å². The smallest absolute Gasteiger partial charge is 0.244 e. The molecule has 6 heteroatoms. The van der Waals surface area contributed by atoms with Crippen LogP contribution in [0.3, 0.4) is 0 Å². The maximum absolute atomic E-state index is 13.5. The molecule has 2 aliphatic heterocycles. The van der Waals surface area contributed by atoms with Gasteiger partial charge in [-0.25, -0.2) is 0 Å². The number of nitriles is 1. The fourth-order valence-corrected chi connectivity index (χ4v) is 5.11. The molecule has 6 nitrogen and oxygen atoms in total. The van der Waals surface area contributed by atoms with Crippen LogP contribution in [0.4, 0.5) is 11.4 Å². The standard InChI is InChI=1S/C24H22N4O2/c1-30-16-12-10-15(11-13-16)28-21-9-5-3-7-18(21)24(19(14-25)22(28)26)17-6-2-4-8-20(17)27-23(24)29/h2,4,6,8,10-13H,3,5,7,9,26H2,1H3,(H,27,29)/t24-/m1/s1. The van der Waals surface area contributed by atoms with E-state index >= 15 is 0 Å². The summed E-state index contributed by atoms with van der Waals surface area (Å²) in [7, 11) is 1.62. The van der Waals surface area contributed by atoms with E-state index in [0.29, 0.717) is 11.4 Å². The van der Waals surface area contributed by atoms with Crippen molar-refractivity contribution in [3.63, 3.8) is 0 Å². The maximum atomic E-state index is 13.5. The topological polar surface area (TPSA) is 91.4 Å². The quantitative estimate of drug-likeness (QED) is 0.800. The number of hydrogen-bond donors (Lipinski definition) is 2. The van der Waals surface area contributed by atoms with Crippen molar-refractivity contribution in [3.8, 4) is 11.8 Å². The van der Waals surface area contributed by atoms with E-state index in [1.54, 1.807) is 7.11 Å². The van der Waals surface area contributed by atoms with Crippen molar-refractivity contribution in [2.24, 2.45) is 5.73 Å². The third-order valence-electron chi connectivity index (χ3n) is 6.40. The molecule has 2 aromatic carbocycles. The molecule has 3 aliphatic rings. The number of nitrogens with zero attached hydrogens (tertiary/aromatic N) is 2. The summed E-state index contributed by atoms with van der Waals surface area (Å²) in [5.74, 6) is 0.874. The molecule has 1 spiro atoms. The zero-order valence-corrected chi connectivity index (χ0v) is 16.7. The number of methoxy groups -OCH3 is 1. The van der Waals surface area contributed by atoms with Gasteiger partial charge in [0.1, 0.15) is 23.1 Å². The molecule has 5 rings (SSSR count). The van der Waals surface area contributed by atoms with Crippen LogP contribution in [-0.4, -0.2) is 13.0 Å². The highest BCUT2D eigenvalue weighted by Gasteiger charge is 2.57. The number of rotatable bonds is 2. The Morgan fingerprint density at radius 3 is 2.60 bits per heavy atom. The van der Waals surface area contributed by atoms with Crippen LogP contribution >= 0.6 is 0 Å². The summed E-state index contributed by atoms with van der Waals surface area (Å²) < 4.78 is 5.28. The average molecular weight is 398 g/mol. The number of nitrogens with one attached hydrogen (secondary N) is 1. The lowest BCUT2D eigenvalue weighted by molar-refractivity contribution is -0.118. The lowest BCUT2D eigenvalue weighted by atomic mass is 9.64. The van der Waals surface area contributed by atoms with Crippen molar-refractivity contribution in [3.05, 3.63) is 76.8 Å². The molecule has 0 radical (unpaired) electrons. The molecule has 0 aromatic heterocycles. The second-order valence-corrected chi connectivity index (χ2v) is 7.79. The molecule has 2 heterocycles. The number of fused-ring (bicyclic) bond motifs is 3. The largest absolute Gasteiger partial charge is 0.497 e. The average Bonchev–Trinajstić information content (AvgIpc) is 3.07. The van der Waals surface area contributed by atoms with E-state index in [9.17, 15) is 10.1 Å². The van der Waals surface area contributed by atoms with Crippen LogP contribution in [0.1, 0.15) is 31.2 Å². The summed E-state index contributed by atoms with van der Waals surface area (Å²) in [6.45, 7) is 0. The molecule has 1 aliphatic carbocycles. The van der Waals surface area contributed by atoms with Crippen molar-refractivity contribution < 1.29 is 9.53 Å². The first-order chi connectivity index (χ1) is 14.6. The van der Waals surface area contributed by atoms with Gasteiger partial charge in [-0.2, -0.15) is 5.26 Å². The molecule has 0 unspecified atom stereocenters. The maximum Gasteiger partial charge on any atom is 0.244 e. The number of amides is 1. The molecule has 150 valence electrons. The monoisotopic (exact) mass is 398 g/mol. The van der Waals surface area contributed by atoms with E-state index in [2.05, 4.69) is 11.4 Å². The van der Waals surface area contributed by atoms with Gasteiger partial charge < -0.3 is 15.8 Å². The van der Waals surface area contributed by atoms with E-state index in [4.69, 9.17) is 10.5 Å². The number of ether oxygens (including phenoxy) is 1. The Hall–Kier alpha value is -3.72. The molecule has 30 heavy (non-hydrogen) atoms. The minimum Gasteiger partial charge on any atom is -0.497 e. The summed E-state index contributed by atoms with van der Waals surface area (Å²) >= 11 is 0. The zero-order valence-electron chi connectivity index (χ0n) is 16.7. The molecular weight excluding hydrogens is 376 g/mol. The van der Waals surface area contributed by atoms with E-state index in [1.165, 1.54) is 0 Å². The van der Waals surface area contributed by atoms with E-state index < -0.39 is 5.41 Å². The number of para-hydroxylation sites is 1. The van der Waals surface area contributed by atoms with Crippen molar-refractivity contribution in [2.75, 3.05) is 17.3 Å². The Balaban J connectivity index is 1.80. The van der Waals surface area contributed by atoms with Crippen LogP contribution < -0.4 is 20.7 Å². The van der Waals surface area contributed by atoms with Crippen molar-refractivity contribution in [2.45, 2.75) is 31.1 Å². The van der Waals surface area contributed by atoms with E-state index in [-0.39, 0.29) is 5.91 Å². The van der Waals surface area contributed by atoms with Crippen LogP contribution in [0.2, 0.25) is 0 Å². The first kappa shape index (κ1) is 18.3. The predicted octanol–water partition coefficient (Wildman–Crippen LogP) is 3.93. The summed E-state index contributed by atoms with van der Waals surface area (Å²) in [6.07, 6.45) is 3.55. The zero-order chi connectivity index (χ0) is 20.9. The van der Waals surface area contributed by atoms with Gasteiger partial charge in [0, 0.05) is 22.6 Å². The number of benzene rings is 2. The Kier molecular flexibility index (Phi) is 4.07. The molecule has 1 amide bonds. The van der Waals surface area contributed by atoms with Gasteiger partial charge in [-0.3, -0.25) is 9.69 Å². The molecule has 2 aromatic rings. The number of nitrogens with two attached hydrogens (primary N) is 1. The first-order valence-electron chi connectivity index (χ1n) is 10.1. The summed E-state index contributed by atoms with van der Waals surface area (Å²) in [5, 5.41) is 13.2. The van der Waals surface area contributed by atoms with Gasteiger partial charge in [-0.05, 0) is 61.6 Å². The second-order valence-electron chi connectivity index (χ2n) is 7.79. The van der Waals surface area contributed by atoms with Gasteiger partial charge in [0.15, 0.2) is 0 Å². The highest BCUT2D eigenvalue weighted by Crippen LogP contribution is 2.55. The van der Waals surface area contributed by atoms with Crippen LogP contribution in [-0.2, 0) is 10.2 Å². The van der Waals surface area contributed by atoms with Gasteiger partial charge in [0.25, 0.3) is 0 Å². The lowest BCUT2D eigenvalue weighted by Crippen LogP contribution is -2.48. The van der Waals surface area contributed by atoms with E-state index in [1.807, 2.05) is 53.4 Å². The lowest BCUT2D eigenvalue weighted by Gasteiger charge is -2.44. The van der Waals surface area contributed by atoms with Gasteiger partial charge >= 0.3 is 0 Å². The fraction of sp³-hybridized carbons (Fsp3) is 0.250. The van der Waals surface area contributed by atoms with Gasteiger partial charge in [0.2, 0.25) is 5.91 Å². The SMILES string of the molecule is COc1ccc(N2C(N)=C(C#N)[C@]3(C(=O)Nc4ccccc43)C3=C2CCCC3)cc1. The van der Waals surface area contributed by atoms with Crippen LogP contribution in [0.15, 0.2) is 71.2 Å². The normalized spacial score (nSPS) is 22.5. The van der Waals surface area contributed by atoms with Crippen molar-refractivity contribution >= 4 is 17.3 Å². The molecule has 3 N–H and O–H groups in total. The fourth-order valence-electron chi connectivity index (χ4n) is 5.11.